The van der Waals surface area contributed by atoms with E-state index in [2.05, 4.69) is 34.0 Å². The lowest BCUT2D eigenvalue weighted by Crippen LogP contribution is -2.51. The Labute approximate surface area is 135 Å². The van der Waals surface area contributed by atoms with Gasteiger partial charge >= 0.3 is 0 Å². The van der Waals surface area contributed by atoms with Crippen molar-refractivity contribution < 1.29 is 9.13 Å². The standard InChI is InChI=1S/C15H23FN4OS/c1-15(2)11-20(8-10-22-15)14(17-3)19-7-9-21-13-12(16)5-4-6-18-13/h4-6H,7-11H2,1-3H3,(H,17,19). The lowest BCUT2D eigenvalue weighted by atomic mass is 10.2. The van der Waals surface area contributed by atoms with E-state index in [4.69, 9.17) is 4.74 Å². The van der Waals surface area contributed by atoms with Crippen LogP contribution in [0, 0.1) is 5.82 Å². The van der Waals surface area contributed by atoms with Crippen molar-refractivity contribution in [3.63, 3.8) is 0 Å². The second-order valence-electron chi connectivity index (χ2n) is 5.64. The molecule has 0 aliphatic carbocycles. The molecule has 2 rings (SSSR count). The molecule has 1 fully saturated rings. The second kappa shape index (κ2) is 7.67. The number of thioether (sulfide) groups is 1. The predicted octanol–water partition coefficient (Wildman–Crippen LogP) is 2.00. The maximum atomic E-state index is 13.4. The fourth-order valence-electron chi connectivity index (χ4n) is 2.32. The molecular weight excluding hydrogens is 303 g/mol. The van der Waals surface area contributed by atoms with Crippen LogP contribution in [0.25, 0.3) is 0 Å². The molecule has 1 aliphatic heterocycles. The van der Waals surface area contributed by atoms with Gasteiger partial charge in [-0.3, -0.25) is 4.99 Å². The van der Waals surface area contributed by atoms with Crippen molar-refractivity contribution in [2.45, 2.75) is 18.6 Å². The Morgan fingerprint density at radius 1 is 1.59 bits per heavy atom. The highest BCUT2D eigenvalue weighted by Crippen LogP contribution is 2.29. The van der Waals surface area contributed by atoms with E-state index in [0.717, 1.165) is 24.8 Å². The van der Waals surface area contributed by atoms with Gasteiger partial charge in [-0.15, -0.1) is 0 Å². The molecular formula is C15H23FN4OS. The van der Waals surface area contributed by atoms with E-state index >= 15 is 0 Å². The summed E-state index contributed by atoms with van der Waals surface area (Å²) in [4.78, 5) is 10.4. The number of guanidine groups is 1. The van der Waals surface area contributed by atoms with Gasteiger partial charge in [-0.05, 0) is 26.0 Å². The molecule has 0 spiro atoms. The van der Waals surface area contributed by atoms with Gasteiger partial charge in [0.25, 0.3) is 0 Å². The van der Waals surface area contributed by atoms with Crippen LogP contribution < -0.4 is 10.1 Å². The monoisotopic (exact) mass is 326 g/mol. The maximum absolute atomic E-state index is 13.4. The van der Waals surface area contributed by atoms with E-state index in [1.165, 1.54) is 12.3 Å². The number of ether oxygens (including phenoxy) is 1. The number of nitrogens with zero attached hydrogens (tertiary/aromatic N) is 3. The van der Waals surface area contributed by atoms with E-state index in [1.54, 1.807) is 13.1 Å². The van der Waals surface area contributed by atoms with Crippen molar-refractivity contribution in [3.8, 4) is 5.88 Å². The third-order valence-electron chi connectivity index (χ3n) is 3.29. The quantitative estimate of drug-likeness (QED) is 0.521. The Bertz CT molecular complexity index is 524. The third kappa shape index (κ3) is 4.76. The molecule has 2 heterocycles. The van der Waals surface area contributed by atoms with E-state index < -0.39 is 5.82 Å². The van der Waals surface area contributed by atoms with Gasteiger partial charge in [-0.1, -0.05) is 0 Å². The number of pyridine rings is 1. The van der Waals surface area contributed by atoms with Crippen molar-refractivity contribution in [1.29, 1.82) is 0 Å². The highest BCUT2D eigenvalue weighted by molar-refractivity contribution is 8.00. The van der Waals surface area contributed by atoms with Crippen molar-refractivity contribution in [1.82, 2.24) is 15.2 Å². The zero-order valence-corrected chi connectivity index (χ0v) is 14.1. The van der Waals surface area contributed by atoms with Crippen LogP contribution in [0.2, 0.25) is 0 Å². The van der Waals surface area contributed by atoms with Crippen molar-refractivity contribution in [2.75, 3.05) is 39.0 Å². The Morgan fingerprint density at radius 3 is 3.09 bits per heavy atom. The minimum Gasteiger partial charge on any atom is -0.474 e. The molecule has 0 unspecified atom stereocenters. The zero-order chi connectivity index (χ0) is 16.0. The Hall–Kier alpha value is -1.50. The molecule has 5 nitrogen and oxygen atoms in total. The van der Waals surface area contributed by atoms with E-state index in [9.17, 15) is 4.39 Å². The molecule has 0 radical (unpaired) electrons. The Kier molecular flexibility index (Phi) is 5.88. The lowest BCUT2D eigenvalue weighted by Gasteiger charge is -2.39. The second-order valence-corrected chi connectivity index (χ2v) is 7.44. The van der Waals surface area contributed by atoms with Gasteiger partial charge < -0.3 is 15.0 Å². The Morgan fingerprint density at radius 2 is 2.41 bits per heavy atom. The lowest BCUT2D eigenvalue weighted by molar-refractivity contribution is 0.289. The molecule has 1 aromatic rings. The summed E-state index contributed by atoms with van der Waals surface area (Å²) in [5, 5.41) is 3.26. The summed E-state index contributed by atoms with van der Waals surface area (Å²) in [6.45, 7) is 7.29. The summed E-state index contributed by atoms with van der Waals surface area (Å²) in [7, 11) is 1.77. The van der Waals surface area contributed by atoms with Gasteiger partial charge in [-0.25, -0.2) is 9.37 Å². The average Bonchev–Trinajstić information content (AvgIpc) is 2.48. The van der Waals surface area contributed by atoms with E-state index in [0.29, 0.717) is 13.2 Å². The predicted molar refractivity (Wildman–Crippen MR) is 89.2 cm³/mol. The largest absolute Gasteiger partial charge is 0.474 e. The van der Waals surface area contributed by atoms with Gasteiger partial charge in [0, 0.05) is 36.8 Å². The molecule has 0 amide bonds. The van der Waals surface area contributed by atoms with Gasteiger partial charge in [0.05, 0.1) is 6.54 Å². The van der Waals surface area contributed by atoms with E-state index in [-0.39, 0.29) is 10.6 Å². The van der Waals surface area contributed by atoms with Crippen molar-refractivity contribution in [2.24, 2.45) is 4.99 Å². The highest BCUT2D eigenvalue weighted by Gasteiger charge is 2.28. The van der Waals surface area contributed by atoms with Crippen LogP contribution in [0.4, 0.5) is 4.39 Å². The van der Waals surface area contributed by atoms with Crippen molar-refractivity contribution in [3.05, 3.63) is 24.1 Å². The topological polar surface area (TPSA) is 49.8 Å². The summed E-state index contributed by atoms with van der Waals surface area (Å²) in [5.41, 5.74) is 0. The molecule has 0 saturated carbocycles. The number of aliphatic imine (C=N–C) groups is 1. The number of nitrogens with one attached hydrogen (secondary N) is 1. The fraction of sp³-hybridized carbons (Fsp3) is 0.600. The molecule has 22 heavy (non-hydrogen) atoms. The number of hydrogen-bond donors (Lipinski definition) is 1. The first kappa shape index (κ1) is 16.9. The zero-order valence-electron chi connectivity index (χ0n) is 13.3. The first-order chi connectivity index (χ1) is 10.5. The summed E-state index contributed by atoms with van der Waals surface area (Å²) in [6.07, 6.45) is 1.51. The number of halogens is 1. The molecule has 7 heteroatoms. The molecule has 0 aromatic carbocycles. The first-order valence-electron chi connectivity index (χ1n) is 7.35. The summed E-state index contributed by atoms with van der Waals surface area (Å²) < 4.78 is 18.9. The summed E-state index contributed by atoms with van der Waals surface area (Å²) in [5.74, 6) is 1.54. The van der Waals surface area contributed by atoms with Crippen molar-refractivity contribution >= 4 is 17.7 Å². The van der Waals surface area contributed by atoms with Gasteiger partial charge in [0.2, 0.25) is 5.88 Å². The highest BCUT2D eigenvalue weighted by atomic mass is 32.2. The summed E-state index contributed by atoms with van der Waals surface area (Å²) in [6, 6.07) is 2.88. The number of hydrogen-bond acceptors (Lipinski definition) is 4. The van der Waals surface area contributed by atoms with Crippen LogP contribution in [-0.2, 0) is 0 Å². The number of rotatable bonds is 4. The number of aromatic nitrogens is 1. The molecule has 1 aliphatic rings. The van der Waals surface area contributed by atoms with Gasteiger partial charge in [0.15, 0.2) is 11.8 Å². The minimum atomic E-state index is -0.443. The SMILES string of the molecule is CN=C(NCCOc1ncccc1F)N1CCSC(C)(C)C1. The smallest absolute Gasteiger partial charge is 0.250 e. The van der Waals surface area contributed by atoms with Crippen LogP contribution in [0.15, 0.2) is 23.3 Å². The van der Waals surface area contributed by atoms with Crippen LogP contribution >= 0.6 is 11.8 Å². The van der Waals surface area contributed by atoms with Crippen LogP contribution in [-0.4, -0.2) is 59.6 Å². The maximum Gasteiger partial charge on any atom is 0.250 e. The van der Waals surface area contributed by atoms with Crippen LogP contribution in [0.1, 0.15) is 13.8 Å². The minimum absolute atomic E-state index is 0.0368. The third-order valence-corrected chi connectivity index (χ3v) is 4.58. The van der Waals surface area contributed by atoms with E-state index in [1.807, 2.05) is 11.8 Å². The molecule has 0 atom stereocenters. The summed E-state index contributed by atoms with van der Waals surface area (Å²) >= 11 is 1.98. The van der Waals surface area contributed by atoms with Crippen LogP contribution in [0.3, 0.4) is 0 Å². The Balaban J connectivity index is 1.78. The molecule has 1 saturated heterocycles. The van der Waals surface area contributed by atoms with Gasteiger partial charge in [-0.2, -0.15) is 11.8 Å². The molecule has 1 N–H and O–H groups in total. The molecule has 0 bridgehead atoms. The van der Waals surface area contributed by atoms with Gasteiger partial charge in [0.1, 0.15) is 6.61 Å². The van der Waals surface area contributed by atoms with Crippen LogP contribution in [0.5, 0.6) is 5.88 Å². The fourth-order valence-corrected chi connectivity index (χ4v) is 3.43. The normalized spacial score (nSPS) is 18.2. The molecule has 1 aromatic heterocycles. The average molecular weight is 326 g/mol. The first-order valence-corrected chi connectivity index (χ1v) is 8.33. The molecule has 122 valence electrons.